The molecular weight excluding hydrogens is 376 g/mol. The van der Waals surface area contributed by atoms with E-state index < -0.39 is 10.1 Å². The zero-order valence-electron chi connectivity index (χ0n) is 16.4. The van der Waals surface area contributed by atoms with Crippen LogP contribution in [0.1, 0.15) is 63.9 Å². The number of aromatic hydroxyl groups is 1. The number of para-hydroxylation sites is 1. The molecule has 0 heterocycles. The molecular formula is C22H30O5S. The zero-order valence-corrected chi connectivity index (χ0v) is 17.2. The SMILES string of the molecule is CCCCCCCCCCc1c(Oc2ccccc2)cc(O)cc1S(=O)(=O)O. The van der Waals surface area contributed by atoms with Gasteiger partial charge in [-0.2, -0.15) is 8.42 Å². The maximum atomic E-state index is 11.8. The van der Waals surface area contributed by atoms with Gasteiger partial charge in [-0.1, -0.05) is 70.1 Å². The first-order valence-electron chi connectivity index (χ1n) is 9.98. The maximum absolute atomic E-state index is 11.8. The Morgan fingerprint density at radius 2 is 1.50 bits per heavy atom. The predicted molar refractivity (Wildman–Crippen MR) is 111 cm³/mol. The van der Waals surface area contributed by atoms with Gasteiger partial charge in [-0.05, 0) is 25.0 Å². The van der Waals surface area contributed by atoms with E-state index in [1.165, 1.54) is 38.2 Å². The second-order valence-corrected chi connectivity index (χ2v) is 8.43. The summed E-state index contributed by atoms with van der Waals surface area (Å²) in [4.78, 5) is -0.290. The van der Waals surface area contributed by atoms with Crippen LogP contribution >= 0.6 is 0 Å². The highest BCUT2D eigenvalue weighted by Crippen LogP contribution is 2.35. The van der Waals surface area contributed by atoms with E-state index in [2.05, 4.69) is 6.92 Å². The van der Waals surface area contributed by atoms with Gasteiger partial charge in [0.25, 0.3) is 10.1 Å². The lowest BCUT2D eigenvalue weighted by Gasteiger charge is -2.15. The quantitative estimate of drug-likeness (QED) is 0.328. The first kappa shape index (κ1) is 22.2. The summed E-state index contributed by atoms with van der Waals surface area (Å²) in [6, 6.07) is 11.4. The van der Waals surface area contributed by atoms with E-state index in [9.17, 15) is 18.1 Å². The molecule has 0 fully saturated rings. The van der Waals surface area contributed by atoms with E-state index in [0.29, 0.717) is 17.7 Å². The van der Waals surface area contributed by atoms with Crippen molar-refractivity contribution in [1.82, 2.24) is 0 Å². The number of hydrogen-bond donors (Lipinski definition) is 2. The van der Waals surface area contributed by atoms with Gasteiger partial charge in [0.15, 0.2) is 0 Å². The molecule has 0 amide bonds. The molecule has 2 rings (SSSR count). The van der Waals surface area contributed by atoms with Crippen LogP contribution in [0.15, 0.2) is 47.4 Å². The van der Waals surface area contributed by atoms with Crippen molar-refractivity contribution in [2.24, 2.45) is 0 Å². The third-order valence-corrected chi connectivity index (χ3v) is 5.60. The summed E-state index contributed by atoms with van der Waals surface area (Å²) >= 11 is 0. The summed E-state index contributed by atoms with van der Waals surface area (Å²) < 4.78 is 39.1. The number of ether oxygens (including phenoxy) is 1. The van der Waals surface area contributed by atoms with Gasteiger partial charge in [-0.25, -0.2) is 0 Å². The van der Waals surface area contributed by atoms with Crippen molar-refractivity contribution < 1.29 is 22.8 Å². The highest BCUT2D eigenvalue weighted by Gasteiger charge is 2.21. The largest absolute Gasteiger partial charge is 0.508 e. The van der Waals surface area contributed by atoms with Crippen LogP contribution in [0.3, 0.4) is 0 Å². The van der Waals surface area contributed by atoms with Crippen LogP contribution in [0, 0.1) is 0 Å². The third kappa shape index (κ3) is 7.17. The number of hydrogen-bond acceptors (Lipinski definition) is 4. The molecule has 0 aliphatic heterocycles. The first-order valence-corrected chi connectivity index (χ1v) is 11.4. The van der Waals surface area contributed by atoms with Crippen LogP contribution in [0.4, 0.5) is 0 Å². The topological polar surface area (TPSA) is 83.8 Å². The minimum absolute atomic E-state index is 0.252. The fraction of sp³-hybridized carbons (Fsp3) is 0.455. The Bertz CT molecular complexity index is 832. The van der Waals surface area contributed by atoms with Gasteiger partial charge in [0.05, 0.1) is 0 Å². The summed E-state index contributed by atoms with van der Waals surface area (Å²) in [5, 5.41) is 9.92. The number of phenols is 1. The lowest BCUT2D eigenvalue weighted by atomic mass is 10.0. The highest BCUT2D eigenvalue weighted by atomic mass is 32.2. The monoisotopic (exact) mass is 406 g/mol. The van der Waals surface area contributed by atoms with Crippen molar-refractivity contribution in [3.8, 4) is 17.2 Å². The Morgan fingerprint density at radius 1 is 0.893 bits per heavy atom. The molecule has 28 heavy (non-hydrogen) atoms. The van der Waals surface area contributed by atoms with Crippen molar-refractivity contribution in [1.29, 1.82) is 0 Å². The fourth-order valence-corrected chi connectivity index (χ4v) is 4.01. The van der Waals surface area contributed by atoms with Gasteiger partial charge in [0, 0.05) is 17.7 Å². The van der Waals surface area contributed by atoms with E-state index in [1.807, 2.05) is 6.07 Å². The molecule has 2 N–H and O–H groups in total. The predicted octanol–water partition coefficient (Wildman–Crippen LogP) is 6.11. The van der Waals surface area contributed by atoms with Crippen molar-refractivity contribution in [3.05, 3.63) is 48.0 Å². The molecule has 0 aromatic heterocycles. The number of unbranched alkanes of at least 4 members (excludes halogenated alkanes) is 7. The van der Waals surface area contributed by atoms with Gasteiger partial charge < -0.3 is 9.84 Å². The maximum Gasteiger partial charge on any atom is 0.295 e. The average molecular weight is 407 g/mol. The molecule has 0 aliphatic carbocycles. The molecule has 2 aromatic carbocycles. The van der Waals surface area contributed by atoms with Gasteiger partial charge in [-0.3, -0.25) is 4.55 Å². The summed E-state index contributed by atoms with van der Waals surface area (Å²) in [6.45, 7) is 2.19. The summed E-state index contributed by atoms with van der Waals surface area (Å²) in [5.74, 6) is 0.520. The van der Waals surface area contributed by atoms with E-state index in [1.54, 1.807) is 24.3 Å². The Hall–Kier alpha value is -2.05. The van der Waals surface area contributed by atoms with E-state index in [4.69, 9.17) is 4.74 Å². The van der Waals surface area contributed by atoms with Gasteiger partial charge in [0.2, 0.25) is 0 Å². The Kier molecular flexibility index (Phi) is 8.80. The molecule has 154 valence electrons. The van der Waals surface area contributed by atoms with Crippen LogP contribution in [0.2, 0.25) is 0 Å². The normalized spacial score (nSPS) is 11.5. The van der Waals surface area contributed by atoms with E-state index in [0.717, 1.165) is 25.3 Å². The number of benzene rings is 2. The Labute approximate surface area is 168 Å². The summed E-state index contributed by atoms with van der Waals surface area (Å²) in [6.07, 6.45) is 9.46. The Morgan fingerprint density at radius 3 is 2.11 bits per heavy atom. The smallest absolute Gasteiger partial charge is 0.295 e. The molecule has 0 atom stereocenters. The molecule has 0 radical (unpaired) electrons. The lowest BCUT2D eigenvalue weighted by Crippen LogP contribution is -2.05. The van der Waals surface area contributed by atoms with Crippen LogP contribution in [0.5, 0.6) is 17.2 Å². The molecule has 0 spiro atoms. The zero-order chi connectivity index (χ0) is 20.4. The second kappa shape index (κ2) is 11.1. The molecule has 0 aliphatic rings. The number of rotatable bonds is 12. The molecule has 2 aromatic rings. The fourth-order valence-electron chi connectivity index (χ4n) is 3.22. The molecule has 5 nitrogen and oxygen atoms in total. The van der Waals surface area contributed by atoms with Crippen LogP contribution in [-0.2, 0) is 16.5 Å². The van der Waals surface area contributed by atoms with Gasteiger partial charge >= 0.3 is 0 Å². The highest BCUT2D eigenvalue weighted by molar-refractivity contribution is 7.85. The molecule has 0 bridgehead atoms. The summed E-state index contributed by atoms with van der Waals surface area (Å²) in [5.41, 5.74) is 0.398. The molecule has 0 unspecified atom stereocenters. The minimum Gasteiger partial charge on any atom is -0.508 e. The second-order valence-electron chi connectivity index (χ2n) is 7.04. The number of phenolic OH excluding ortho intramolecular Hbond substituents is 1. The third-order valence-electron chi connectivity index (χ3n) is 4.68. The standard InChI is InChI=1S/C22H30O5S/c1-2-3-4-5-6-7-8-12-15-20-21(27-19-13-10-9-11-14-19)16-18(23)17-22(20)28(24,25)26/h9-11,13-14,16-17,23H,2-8,12,15H2,1H3,(H,24,25,26). The van der Waals surface area contributed by atoms with Crippen molar-refractivity contribution in [3.63, 3.8) is 0 Å². The van der Waals surface area contributed by atoms with Crippen LogP contribution in [0.25, 0.3) is 0 Å². The molecule has 6 heteroatoms. The molecule has 0 saturated heterocycles. The van der Waals surface area contributed by atoms with Crippen molar-refractivity contribution in [2.45, 2.75) is 69.6 Å². The van der Waals surface area contributed by atoms with Crippen LogP contribution < -0.4 is 4.74 Å². The lowest BCUT2D eigenvalue weighted by molar-refractivity contribution is 0.440. The van der Waals surface area contributed by atoms with Crippen molar-refractivity contribution >= 4 is 10.1 Å². The minimum atomic E-state index is -4.47. The van der Waals surface area contributed by atoms with Crippen molar-refractivity contribution in [2.75, 3.05) is 0 Å². The van der Waals surface area contributed by atoms with Crippen LogP contribution in [-0.4, -0.2) is 18.1 Å². The van der Waals surface area contributed by atoms with E-state index >= 15 is 0 Å². The first-order chi connectivity index (χ1) is 13.4. The Balaban J connectivity index is 2.11. The average Bonchev–Trinajstić information content (AvgIpc) is 2.65. The summed E-state index contributed by atoms with van der Waals surface area (Å²) in [7, 11) is -4.47. The van der Waals surface area contributed by atoms with Gasteiger partial charge in [0.1, 0.15) is 22.1 Å². The van der Waals surface area contributed by atoms with E-state index in [-0.39, 0.29) is 16.4 Å². The molecule has 0 saturated carbocycles. The van der Waals surface area contributed by atoms with Gasteiger partial charge in [-0.15, -0.1) is 0 Å².